The smallest absolute Gasteiger partial charge is 0.305 e. The molecule has 1 fully saturated rings. The van der Waals surface area contributed by atoms with Crippen molar-refractivity contribution in [1.82, 2.24) is 10.2 Å². The maximum absolute atomic E-state index is 11.2. The van der Waals surface area contributed by atoms with E-state index >= 15 is 0 Å². The summed E-state index contributed by atoms with van der Waals surface area (Å²) < 4.78 is 4.91. The number of ether oxygens (including phenoxy) is 1. The molecule has 0 radical (unpaired) electrons. The highest BCUT2D eigenvalue weighted by Crippen LogP contribution is 2.18. The lowest BCUT2D eigenvalue weighted by molar-refractivity contribution is -0.143. The van der Waals surface area contributed by atoms with Crippen molar-refractivity contribution in [3.8, 4) is 0 Å². The van der Waals surface area contributed by atoms with E-state index < -0.39 is 0 Å². The lowest BCUT2D eigenvalue weighted by Gasteiger charge is -2.34. The summed E-state index contributed by atoms with van der Waals surface area (Å²) in [6.07, 6.45) is 4.01. The van der Waals surface area contributed by atoms with Crippen LogP contribution in [0.1, 0.15) is 39.5 Å². The fraction of sp³-hybridized carbons (Fsp3) is 0.929. The molecule has 1 N–H and O–H groups in total. The Bertz CT molecular complexity index is 246. The van der Waals surface area contributed by atoms with Crippen molar-refractivity contribution in [2.24, 2.45) is 5.92 Å². The van der Waals surface area contributed by atoms with E-state index in [0.717, 1.165) is 18.9 Å². The lowest BCUT2D eigenvalue weighted by Crippen LogP contribution is -2.43. The van der Waals surface area contributed by atoms with Gasteiger partial charge in [0.2, 0.25) is 0 Å². The van der Waals surface area contributed by atoms with Gasteiger partial charge in [0.05, 0.1) is 6.61 Å². The van der Waals surface area contributed by atoms with E-state index in [1.54, 1.807) is 0 Å². The minimum absolute atomic E-state index is 0.0793. The highest BCUT2D eigenvalue weighted by molar-refractivity contribution is 5.69. The van der Waals surface area contributed by atoms with Gasteiger partial charge in [-0.1, -0.05) is 0 Å². The van der Waals surface area contributed by atoms with E-state index in [4.69, 9.17) is 4.74 Å². The molecule has 0 spiro atoms. The molecule has 4 nitrogen and oxygen atoms in total. The number of likely N-dealkylation sites (tertiary alicyclic amines) is 1. The average Bonchev–Trinajstić information content (AvgIpc) is 2.35. The highest BCUT2D eigenvalue weighted by Gasteiger charge is 2.22. The van der Waals surface area contributed by atoms with Gasteiger partial charge in [0.1, 0.15) is 0 Å². The normalized spacial score (nSPS) is 22.7. The number of esters is 1. The number of rotatable bonds is 7. The molecule has 4 heteroatoms. The van der Waals surface area contributed by atoms with Gasteiger partial charge in [0.25, 0.3) is 0 Å². The Kier molecular flexibility index (Phi) is 7.28. The van der Waals surface area contributed by atoms with Gasteiger partial charge in [-0.05, 0) is 59.2 Å². The zero-order valence-corrected chi connectivity index (χ0v) is 12.1. The van der Waals surface area contributed by atoms with Gasteiger partial charge in [-0.3, -0.25) is 4.79 Å². The molecule has 18 heavy (non-hydrogen) atoms. The number of carbonyl (C=O) groups is 1. The van der Waals surface area contributed by atoms with Gasteiger partial charge in [-0.2, -0.15) is 0 Å². The maximum atomic E-state index is 11.2. The zero-order chi connectivity index (χ0) is 13.4. The van der Waals surface area contributed by atoms with Crippen molar-refractivity contribution in [3.05, 3.63) is 0 Å². The summed E-state index contributed by atoms with van der Waals surface area (Å²) in [5.74, 6) is 0.663. The first-order valence-electron chi connectivity index (χ1n) is 7.21. The molecule has 106 valence electrons. The number of nitrogens with one attached hydrogen (secondary N) is 1. The van der Waals surface area contributed by atoms with E-state index in [1.807, 2.05) is 6.92 Å². The fourth-order valence-corrected chi connectivity index (χ4v) is 2.58. The van der Waals surface area contributed by atoms with E-state index in [2.05, 4.69) is 24.2 Å². The summed E-state index contributed by atoms with van der Waals surface area (Å²) in [7, 11) is 2.19. The number of nitrogens with zero attached hydrogens (tertiary/aromatic N) is 1. The number of carbonyl (C=O) groups excluding carboxylic acids is 1. The number of hydrogen-bond acceptors (Lipinski definition) is 4. The Morgan fingerprint density at radius 3 is 3.00 bits per heavy atom. The Hall–Kier alpha value is -0.610. The third kappa shape index (κ3) is 5.83. The largest absolute Gasteiger partial charge is 0.466 e. The second kappa shape index (κ2) is 8.48. The molecule has 0 aliphatic carbocycles. The maximum Gasteiger partial charge on any atom is 0.305 e. The first-order chi connectivity index (χ1) is 8.63. The van der Waals surface area contributed by atoms with Gasteiger partial charge in [-0.15, -0.1) is 0 Å². The summed E-state index contributed by atoms with van der Waals surface area (Å²) in [4.78, 5) is 13.6. The number of hydrogen-bond donors (Lipinski definition) is 1. The van der Waals surface area contributed by atoms with Crippen LogP contribution in [0.3, 0.4) is 0 Å². The molecule has 1 saturated heterocycles. The van der Waals surface area contributed by atoms with Crippen LogP contribution in [-0.2, 0) is 9.53 Å². The van der Waals surface area contributed by atoms with Crippen LogP contribution in [0.4, 0.5) is 0 Å². The SMILES string of the molecule is CCOC(=O)CCCNC(C)C1CCCN(C)C1. The van der Waals surface area contributed by atoms with Crippen LogP contribution in [0.5, 0.6) is 0 Å². The quantitative estimate of drug-likeness (QED) is 0.555. The fourth-order valence-electron chi connectivity index (χ4n) is 2.58. The topological polar surface area (TPSA) is 41.6 Å². The predicted octanol–water partition coefficient (Wildman–Crippen LogP) is 1.65. The van der Waals surface area contributed by atoms with E-state index in [-0.39, 0.29) is 5.97 Å². The van der Waals surface area contributed by atoms with Gasteiger partial charge < -0.3 is 15.0 Å². The molecule has 0 amide bonds. The molecule has 1 heterocycles. The van der Waals surface area contributed by atoms with Crippen molar-refractivity contribution in [2.75, 3.05) is 33.3 Å². The van der Waals surface area contributed by atoms with Crippen molar-refractivity contribution < 1.29 is 9.53 Å². The Morgan fingerprint density at radius 1 is 1.56 bits per heavy atom. The summed E-state index contributed by atoms with van der Waals surface area (Å²) in [6.45, 7) is 7.90. The van der Waals surface area contributed by atoms with Crippen LogP contribution in [0.2, 0.25) is 0 Å². The summed E-state index contributed by atoms with van der Waals surface area (Å²) >= 11 is 0. The van der Waals surface area contributed by atoms with Crippen LogP contribution in [0, 0.1) is 5.92 Å². The van der Waals surface area contributed by atoms with Crippen LogP contribution in [0.25, 0.3) is 0 Å². The van der Waals surface area contributed by atoms with Crippen LogP contribution >= 0.6 is 0 Å². The zero-order valence-electron chi connectivity index (χ0n) is 12.1. The molecule has 2 unspecified atom stereocenters. The van der Waals surface area contributed by atoms with Crippen LogP contribution in [-0.4, -0.2) is 50.2 Å². The molecule has 1 aliphatic heterocycles. The molecular weight excluding hydrogens is 228 g/mol. The third-order valence-electron chi connectivity index (χ3n) is 3.70. The summed E-state index contributed by atoms with van der Waals surface area (Å²) in [5.41, 5.74) is 0. The predicted molar refractivity (Wildman–Crippen MR) is 73.6 cm³/mol. The minimum Gasteiger partial charge on any atom is -0.466 e. The van der Waals surface area contributed by atoms with Gasteiger partial charge >= 0.3 is 5.97 Å². The molecule has 0 bridgehead atoms. The van der Waals surface area contributed by atoms with Gasteiger partial charge in [-0.25, -0.2) is 0 Å². The van der Waals surface area contributed by atoms with Crippen LogP contribution in [0.15, 0.2) is 0 Å². The minimum atomic E-state index is -0.0793. The first-order valence-corrected chi connectivity index (χ1v) is 7.21. The standard InChI is InChI=1S/C14H28N2O2/c1-4-18-14(17)8-5-9-15-12(2)13-7-6-10-16(3)11-13/h12-13,15H,4-11H2,1-3H3. The third-order valence-corrected chi connectivity index (χ3v) is 3.70. The Balaban J connectivity index is 2.09. The molecule has 0 aromatic rings. The van der Waals surface area contributed by atoms with E-state index in [0.29, 0.717) is 19.1 Å². The average molecular weight is 256 g/mol. The Labute approximate surface area is 111 Å². The van der Waals surface area contributed by atoms with E-state index in [9.17, 15) is 4.79 Å². The lowest BCUT2D eigenvalue weighted by atomic mass is 9.92. The van der Waals surface area contributed by atoms with Crippen molar-refractivity contribution >= 4 is 5.97 Å². The molecule has 2 atom stereocenters. The van der Waals surface area contributed by atoms with Gasteiger partial charge in [0, 0.05) is 19.0 Å². The summed E-state index contributed by atoms with van der Waals surface area (Å²) in [5, 5.41) is 3.54. The Morgan fingerprint density at radius 2 is 2.33 bits per heavy atom. The molecule has 0 saturated carbocycles. The van der Waals surface area contributed by atoms with Crippen molar-refractivity contribution in [3.63, 3.8) is 0 Å². The molecular formula is C14H28N2O2. The second-order valence-corrected chi connectivity index (χ2v) is 5.32. The first kappa shape index (κ1) is 15.4. The van der Waals surface area contributed by atoms with Gasteiger partial charge in [0.15, 0.2) is 0 Å². The van der Waals surface area contributed by atoms with Crippen LogP contribution < -0.4 is 5.32 Å². The molecule has 1 aliphatic rings. The van der Waals surface area contributed by atoms with E-state index in [1.165, 1.54) is 25.9 Å². The number of piperidine rings is 1. The molecule has 0 aromatic carbocycles. The van der Waals surface area contributed by atoms with Crippen molar-refractivity contribution in [1.29, 1.82) is 0 Å². The summed E-state index contributed by atoms with van der Waals surface area (Å²) in [6, 6.07) is 0.537. The monoisotopic (exact) mass is 256 g/mol. The van der Waals surface area contributed by atoms with Crippen molar-refractivity contribution in [2.45, 2.75) is 45.6 Å². The highest BCUT2D eigenvalue weighted by atomic mass is 16.5. The molecule has 0 aromatic heterocycles. The second-order valence-electron chi connectivity index (χ2n) is 5.32. The molecule has 1 rings (SSSR count).